The normalized spacial score (nSPS) is 16.5. The van der Waals surface area contributed by atoms with Crippen molar-refractivity contribution in [2.24, 2.45) is 11.5 Å². The fraction of sp³-hybridized carbons (Fsp3) is 0.500. The van der Waals surface area contributed by atoms with E-state index in [1.54, 1.807) is 0 Å². The van der Waals surface area contributed by atoms with Gasteiger partial charge in [-0.25, -0.2) is 0 Å². The van der Waals surface area contributed by atoms with E-state index in [0.717, 1.165) is 31.6 Å². The monoisotopic (exact) mass is 306 g/mol. The highest BCUT2D eigenvalue weighted by molar-refractivity contribution is 5.51. The van der Waals surface area contributed by atoms with E-state index < -0.39 is 0 Å². The van der Waals surface area contributed by atoms with Crippen LogP contribution >= 0.6 is 0 Å². The average molecular weight is 306 g/mol. The van der Waals surface area contributed by atoms with Crippen molar-refractivity contribution in [3.8, 4) is 0 Å². The lowest BCUT2D eigenvalue weighted by atomic mass is 10.3. The van der Waals surface area contributed by atoms with Gasteiger partial charge in [0.15, 0.2) is 6.29 Å². The summed E-state index contributed by atoms with van der Waals surface area (Å²) in [6.07, 6.45) is 6.22. The number of benzene rings is 1. The summed E-state index contributed by atoms with van der Waals surface area (Å²) in [6, 6.07) is 7.79. The molecule has 0 radical (unpaired) electrons. The molecule has 0 fully saturated rings. The van der Waals surface area contributed by atoms with Gasteiger partial charge in [0.25, 0.3) is 0 Å². The Morgan fingerprint density at radius 1 is 1.09 bits per heavy atom. The molecule has 0 amide bonds. The molecular formula is C16H30N6. The number of anilines is 2. The van der Waals surface area contributed by atoms with Crippen LogP contribution in [0.3, 0.4) is 0 Å². The maximum atomic E-state index is 5.86. The first-order chi connectivity index (χ1) is 10.5. The van der Waals surface area contributed by atoms with Crippen LogP contribution in [0.15, 0.2) is 36.7 Å². The summed E-state index contributed by atoms with van der Waals surface area (Å²) < 4.78 is 0. The van der Waals surface area contributed by atoms with Crippen molar-refractivity contribution >= 4 is 11.4 Å². The minimum absolute atomic E-state index is 0.0165. The molecule has 0 saturated heterocycles. The second-order valence-corrected chi connectivity index (χ2v) is 5.60. The summed E-state index contributed by atoms with van der Waals surface area (Å²) in [5, 5.41) is 0. The number of nitrogen functional groups attached to an aromatic ring is 1. The van der Waals surface area contributed by atoms with E-state index in [4.69, 9.17) is 17.2 Å². The van der Waals surface area contributed by atoms with Gasteiger partial charge in [-0.2, -0.15) is 0 Å². The highest BCUT2D eigenvalue weighted by Crippen LogP contribution is 2.12. The molecule has 0 aromatic heterocycles. The molecule has 1 unspecified atom stereocenters. The molecule has 124 valence electrons. The van der Waals surface area contributed by atoms with Crippen molar-refractivity contribution in [3.05, 3.63) is 36.7 Å². The summed E-state index contributed by atoms with van der Waals surface area (Å²) in [5.74, 6) is 0. The molecule has 1 aromatic rings. The van der Waals surface area contributed by atoms with Crippen LogP contribution in [0.5, 0.6) is 0 Å². The summed E-state index contributed by atoms with van der Waals surface area (Å²) in [4.78, 5) is 6.15. The van der Waals surface area contributed by atoms with Crippen LogP contribution in [0, 0.1) is 0 Å². The summed E-state index contributed by atoms with van der Waals surface area (Å²) >= 11 is 0. The first-order valence-corrected chi connectivity index (χ1v) is 7.60. The van der Waals surface area contributed by atoms with E-state index in [1.165, 1.54) is 5.69 Å². The van der Waals surface area contributed by atoms with Gasteiger partial charge in [0.2, 0.25) is 0 Å². The largest absolute Gasteiger partial charge is 0.399 e. The van der Waals surface area contributed by atoms with E-state index in [-0.39, 0.29) is 6.29 Å². The molecule has 1 atom stereocenters. The molecule has 0 bridgehead atoms. The molecule has 6 nitrogen and oxygen atoms in total. The lowest BCUT2D eigenvalue weighted by molar-refractivity contribution is 0.181. The molecule has 1 aromatic carbocycles. The zero-order valence-corrected chi connectivity index (χ0v) is 13.9. The zero-order chi connectivity index (χ0) is 16.5. The number of hydrogen-bond donors (Lipinski definition) is 3. The van der Waals surface area contributed by atoms with Gasteiger partial charge in [0.05, 0.1) is 0 Å². The number of hydrogen-bond acceptors (Lipinski definition) is 6. The summed E-state index contributed by atoms with van der Waals surface area (Å²) in [6.45, 7) is 1.77. The van der Waals surface area contributed by atoms with Gasteiger partial charge in [0, 0.05) is 51.5 Å². The molecular weight excluding hydrogens is 276 g/mol. The highest BCUT2D eigenvalue weighted by Gasteiger charge is 2.17. The summed E-state index contributed by atoms with van der Waals surface area (Å²) in [7, 11) is 5.99. The van der Waals surface area contributed by atoms with Crippen molar-refractivity contribution in [2.45, 2.75) is 19.1 Å². The molecule has 6 heteroatoms. The van der Waals surface area contributed by atoms with Gasteiger partial charge in [0.1, 0.15) is 0 Å². The van der Waals surface area contributed by atoms with Crippen molar-refractivity contribution in [3.63, 3.8) is 0 Å². The van der Waals surface area contributed by atoms with Gasteiger partial charge in [-0.05, 0) is 43.7 Å². The molecule has 22 heavy (non-hydrogen) atoms. The van der Waals surface area contributed by atoms with Crippen LogP contribution in [0.25, 0.3) is 0 Å². The number of rotatable bonds is 5. The maximum absolute atomic E-state index is 5.86. The Bertz CT molecular complexity index is 442. The molecule has 6 N–H and O–H groups in total. The van der Waals surface area contributed by atoms with Crippen LogP contribution in [0.1, 0.15) is 12.8 Å². The minimum atomic E-state index is 0.0165. The third-order valence-electron chi connectivity index (χ3n) is 3.53. The Morgan fingerprint density at radius 3 is 2.18 bits per heavy atom. The van der Waals surface area contributed by atoms with E-state index in [1.807, 2.05) is 67.6 Å². The first kappa shape index (κ1) is 18.1. The van der Waals surface area contributed by atoms with E-state index >= 15 is 0 Å². The topological polar surface area (TPSA) is 87.8 Å². The van der Waals surface area contributed by atoms with Crippen molar-refractivity contribution in [1.29, 1.82) is 0 Å². The molecule has 1 aliphatic rings. The van der Waals surface area contributed by atoms with Crippen molar-refractivity contribution in [1.82, 2.24) is 9.80 Å². The number of nitrogens with two attached hydrogens (primary N) is 3. The maximum Gasteiger partial charge on any atom is 0.154 e. The van der Waals surface area contributed by atoms with Gasteiger partial charge in [-0.15, -0.1) is 0 Å². The summed E-state index contributed by atoms with van der Waals surface area (Å²) in [5.41, 5.74) is 18.8. The smallest absolute Gasteiger partial charge is 0.154 e. The van der Waals surface area contributed by atoms with Crippen LogP contribution in [0.2, 0.25) is 0 Å². The van der Waals surface area contributed by atoms with Crippen LogP contribution in [-0.2, 0) is 0 Å². The highest BCUT2D eigenvalue weighted by atomic mass is 15.4. The second kappa shape index (κ2) is 9.17. The van der Waals surface area contributed by atoms with Crippen molar-refractivity contribution < 1.29 is 0 Å². The van der Waals surface area contributed by atoms with E-state index in [9.17, 15) is 0 Å². The van der Waals surface area contributed by atoms with Gasteiger partial charge in [-0.1, -0.05) is 0 Å². The number of nitrogens with zero attached hydrogens (tertiary/aromatic N) is 3. The Balaban J connectivity index is 0.000000224. The van der Waals surface area contributed by atoms with E-state index in [2.05, 4.69) is 4.90 Å². The molecule has 1 heterocycles. The fourth-order valence-electron chi connectivity index (χ4n) is 2.02. The Labute approximate surface area is 134 Å². The lowest BCUT2D eigenvalue weighted by Crippen LogP contribution is -2.44. The minimum Gasteiger partial charge on any atom is -0.399 e. The quantitative estimate of drug-likeness (QED) is 0.556. The Hall–Kier alpha value is -1.92. The molecule has 1 aliphatic heterocycles. The average Bonchev–Trinajstić information content (AvgIpc) is 2.81. The van der Waals surface area contributed by atoms with Crippen LogP contribution < -0.4 is 22.1 Å². The van der Waals surface area contributed by atoms with Crippen LogP contribution in [-0.4, -0.2) is 50.3 Å². The zero-order valence-electron chi connectivity index (χ0n) is 13.9. The van der Waals surface area contributed by atoms with Gasteiger partial charge < -0.3 is 26.2 Å². The second-order valence-electron chi connectivity index (χ2n) is 5.60. The fourth-order valence-corrected chi connectivity index (χ4v) is 2.02. The van der Waals surface area contributed by atoms with Gasteiger partial charge in [-0.3, -0.25) is 5.73 Å². The predicted octanol–water partition coefficient (Wildman–Crippen LogP) is 1.02. The standard InChI is InChI=1S/C8H18N4.C8H12N2/c1-11-6-7-12(8(11)10)5-3-2-4-9;1-10(2)8-5-3-7(9)4-6-8/h6-8H,2-5,9-10H2,1H3;3-6H,9H2,1-2H3. The molecule has 2 rings (SSSR count). The van der Waals surface area contributed by atoms with E-state index in [0.29, 0.717) is 0 Å². The van der Waals surface area contributed by atoms with Crippen molar-refractivity contribution in [2.75, 3.05) is 44.9 Å². The third kappa shape index (κ3) is 5.83. The lowest BCUT2D eigenvalue weighted by Gasteiger charge is -2.26. The SMILES string of the molecule is CN(C)c1ccc(N)cc1.CN1C=CN(CCCCN)C1N. The number of unbranched alkanes of at least 4 members (excludes halogenated alkanes) is 1. The molecule has 0 spiro atoms. The van der Waals surface area contributed by atoms with Crippen LogP contribution in [0.4, 0.5) is 11.4 Å². The Morgan fingerprint density at radius 2 is 1.73 bits per heavy atom. The third-order valence-corrected chi connectivity index (χ3v) is 3.53. The molecule has 0 saturated carbocycles. The molecule has 0 aliphatic carbocycles. The first-order valence-electron chi connectivity index (χ1n) is 7.60. The Kier molecular flexibility index (Phi) is 7.56. The predicted molar refractivity (Wildman–Crippen MR) is 95.1 cm³/mol. The van der Waals surface area contributed by atoms with Gasteiger partial charge >= 0.3 is 0 Å².